The number of carbonyl (C=O) groups is 1. The maximum absolute atomic E-state index is 11.3. The molecule has 0 amide bonds. The lowest BCUT2D eigenvalue weighted by molar-refractivity contribution is -0.109. The molecule has 2 aromatic carbocycles. The van der Waals surface area contributed by atoms with Gasteiger partial charge in [0.05, 0.1) is 6.61 Å². The van der Waals surface area contributed by atoms with E-state index in [1.54, 1.807) is 0 Å². The van der Waals surface area contributed by atoms with Gasteiger partial charge in [-0.15, -0.1) is 0 Å². The molecular weight excluding hydrogens is 272 g/mol. The van der Waals surface area contributed by atoms with Gasteiger partial charge in [0.15, 0.2) is 0 Å². The predicted molar refractivity (Wildman–Crippen MR) is 81.6 cm³/mol. The summed E-state index contributed by atoms with van der Waals surface area (Å²) in [6.07, 6.45) is 1.66. The minimum absolute atomic E-state index is 0.148. The number of rotatable bonds is 6. The van der Waals surface area contributed by atoms with Crippen molar-refractivity contribution in [2.24, 2.45) is 0 Å². The summed E-state index contributed by atoms with van der Waals surface area (Å²) in [6, 6.07) is 15.3. The minimum Gasteiger partial charge on any atom is -0.494 e. The number of ether oxygens (including phenoxy) is 1. The van der Waals surface area contributed by atoms with Gasteiger partial charge in [-0.05, 0) is 48.7 Å². The summed E-state index contributed by atoms with van der Waals surface area (Å²) in [4.78, 5) is 11.3. The highest BCUT2D eigenvalue weighted by Gasteiger charge is 2.11. The lowest BCUT2D eigenvalue weighted by Crippen LogP contribution is -2.04. The fraction of sp³-hybridized carbons (Fsp3) is 0.235. The molecule has 1 unspecified atom stereocenters. The Morgan fingerprint density at radius 1 is 1.10 bits per heavy atom. The maximum Gasteiger partial charge on any atom is 0.127 e. The Labute approximate surface area is 124 Å². The Morgan fingerprint density at radius 2 is 1.75 bits per heavy atom. The molecule has 0 spiro atoms. The zero-order valence-electron chi connectivity index (χ0n) is 11.4. The highest BCUT2D eigenvalue weighted by atomic mass is 35.5. The second kappa shape index (κ2) is 7.11. The summed E-state index contributed by atoms with van der Waals surface area (Å²) in [5.74, 6) is 0.704. The second-order valence-electron chi connectivity index (χ2n) is 4.58. The van der Waals surface area contributed by atoms with E-state index in [0.29, 0.717) is 18.1 Å². The number of halogens is 1. The molecule has 104 valence electrons. The van der Waals surface area contributed by atoms with Crippen LogP contribution >= 0.6 is 11.6 Å². The summed E-state index contributed by atoms with van der Waals surface area (Å²) < 4.78 is 5.41. The van der Waals surface area contributed by atoms with E-state index in [1.807, 2.05) is 55.5 Å². The van der Waals surface area contributed by atoms with E-state index in [-0.39, 0.29) is 5.92 Å². The molecule has 0 heterocycles. The van der Waals surface area contributed by atoms with Gasteiger partial charge in [-0.2, -0.15) is 0 Å². The normalized spacial score (nSPS) is 11.9. The quantitative estimate of drug-likeness (QED) is 0.742. The number of aldehydes is 1. The van der Waals surface area contributed by atoms with Gasteiger partial charge in [-0.3, -0.25) is 0 Å². The van der Waals surface area contributed by atoms with Crippen LogP contribution in [-0.2, 0) is 11.2 Å². The first-order chi connectivity index (χ1) is 9.72. The van der Waals surface area contributed by atoms with E-state index < -0.39 is 0 Å². The Morgan fingerprint density at radius 3 is 2.30 bits per heavy atom. The van der Waals surface area contributed by atoms with Gasteiger partial charge in [-0.25, -0.2) is 0 Å². The molecule has 0 N–H and O–H groups in total. The molecule has 0 fully saturated rings. The average Bonchev–Trinajstić information content (AvgIpc) is 2.48. The molecule has 1 atom stereocenters. The number of carbonyl (C=O) groups excluding carboxylic acids is 1. The lowest BCUT2D eigenvalue weighted by atomic mass is 9.93. The highest BCUT2D eigenvalue weighted by molar-refractivity contribution is 6.30. The third kappa shape index (κ3) is 3.84. The van der Waals surface area contributed by atoms with Crippen molar-refractivity contribution < 1.29 is 9.53 Å². The maximum atomic E-state index is 11.3. The van der Waals surface area contributed by atoms with Gasteiger partial charge in [0.2, 0.25) is 0 Å². The molecule has 20 heavy (non-hydrogen) atoms. The van der Waals surface area contributed by atoms with E-state index in [4.69, 9.17) is 16.3 Å². The number of benzene rings is 2. The van der Waals surface area contributed by atoms with Crippen molar-refractivity contribution in [3.8, 4) is 5.75 Å². The van der Waals surface area contributed by atoms with Crippen LogP contribution in [0, 0.1) is 0 Å². The van der Waals surface area contributed by atoms with Crippen molar-refractivity contribution in [2.45, 2.75) is 19.3 Å². The smallest absolute Gasteiger partial charge is 0.127 e. The predicted octanol–water partition coefficient (Wildman–Crippen LogP) is 4.26. The van der Waals surface area contributed by atoms with E-state index in [0.717, 1.165) is 23.2 Å². The van der Waals surface area contributed by atoms with Crippen molar-refractivity contribution in [2.75, 3.05) is 6.61 Å². The number of hydrogen-bond donors (Lipinski definition) is 0. The molecular formula is C17H17ClO2. The fourth-order valence-corrected chi connectivity index (χ4v) is 2.22. The molecule has 0 saturated carbocycles. The van der Waals surface area contributed by atoms with Crippen LogP contribution in [0.3, 0.4) is 0 Å². The molecule has 0 bridgehead atoms. The summed E-state index contributed by atoms with van der Waals surface area (Å²) in [5.41, 5.74) is 2.10. The molecule has 0 radical (unpaired) electrons. The molecule has 0 aromatic heterocycles. The highest BCUT2D eigenvalue weighted by Crippen LogP contribution is 2.22. The fourth-order valence-electron chi connectivity index (χ4n) is 2.10. The molecule has 0 aliphatic heterocycles. The molecule has 2 rings (SSSR count). The molecule has 2 aromatic rings. The van der Waals surface area contributed by atoms with Gasteiger partial charge < -0.3 is 9.53 Å². The Hall–Kier alpha value is -1.80. The van der Waals surface area contributed by atoms with E-state index in [1.165, 1.54) is 0 Å². The zero-order valence-corrected chi connectivity index (χ0v) is 12.1. The third-order valence-electron chi connectivity index (χ3n) is 3.15. The SMILES string of the molecule is CCOc1ccc(CC(C=O)c2ccc(Cl)cc2)cc1. The number of hydrogen-bond acceptors (Lipinski definition) is 2. The van der Waals surface area contributed by atoms with E-state index >= 15 is 0 Å². The van der Waals surface area contributed by atoms with Gasteiger partial charge in [0.1, 0.15) is 12.0 Å². The van der Waals surface area contributed by atoms with Crippen LogP contribution in [0.2, 0.25) is 5.02 Å². The van der Waals surface area contributed by atoms with Crippen LogP contribution in [0.15, 0.2) is 48.5 Å². The van der Waals surface area contributed by atoms with E-state index in [2.05, 4.69) is 0 Å². The van der Waals surface area contributed by atoms with Crippen LogP contribution in [0.5, 0.6) is 5.75 Å². The van der Waals surface area contributed by atoms with E-state index in [9.17, 15) is 4.79 Å². The van der Waals surface area contributed by atoms with Crippen molar-refractivity contribution in [3.05, 3.63) is 64.7 Å². The van der Waals surface area contributed by atoms with Crippen LogP contribution in [0.4, 0.5) is 0 Å². The topological polar surface area (TPSA) is 26.3 Å². The van der Waals surface area contributed by atoms with Gasteiger partial charge >= 0.3 is 0 Å². The first kappa shape index (κ1) is 14.6. The van der Waals surface area contributed by atoms with Crippen LogP contribution in [0.1, 0.15) is 24.0 Å². The summed E-state index contributed by atoms with van der Waals surface area (Å²) in [7, 11) is 0. The first-order valence-corrected chi connectivity index (χ1v) is 7.03. The summed E-state index contributed by atoms with van der Waals surface area (Å²) in [6.45, 7) is 2.61. The van der Waals surface area contributed by atoms with Gasteiger partial charge in [0.25, 0.3) is 0 Å². The Kier molecular flexibility index (Phi) is 5.19. The lowest BCUT2D eigenvalue weighted by Gasteiger charge is -2.11. The minimum atomic E-state index is -0.148. The summed E-state index contributed by atoms with van der Waals surface area (Å²) in [5, 5.41) is 0.680. The molecule has 3 heteroatoms. The third-order valence-corrected chi connectivity index (χ3v) is 3.40. The zero-order chi connectivity index (χ0) is 14.4. The Balaban J connectivity index is 2.09. The van der Waals surface area contributed by atoms with Gasteiger partial charge in [-0.1, -0.05) is 35.9 Å². The first-order valence-electron chi connectivity index (χ1n) is 6.65. The Bertz CT molecular complexity index is 546. The van der Waals surface area contributed by atoms with Crippen molar-refractivity contribution in [3.63, 3.8) is 0 Å². The van der Waals surface area contributed by atoms with Crippen molar-refractivity contribution >= 4 is 17.9 Å². The molecule has 0 saturated heterocycles. The molecule has 2 nitrogen and oxygen atoms in total. The monoisotopic (exact) mass is 288 g/mol. The van der Waals surface area contributed by atoms with Crippen molar-refractivity contribution in [1.82, 2.24) is 0 Å². The average molecular weight is 289 g/mol. The van der Waals surface area contributed by atoms with Crippen molar-refractivity contribution in [1.29, 1.82) is 0 Å². The second-order valence-corrected chi connectivity index (χ2v) is 5.01. The van der Waals surface area contributed by atoms with Crippen LogP contribution in [0.25, 0.3) is 0 Å². The standard InChI is InChI=1S/C17H17ClO2/c1-2-20-17-9-3-13(4-10-17)11-15(12-19)14-5-7-16(18)8-6-14/h3-10,12,15H,2,11H2,1H3. The van der Waals surface area contributed by atoms with Crippen LogP contribution in [-0.4, -0.2) is 12.9 Å². The molecule has 0 aliphatic carbocycles. The van der Waals surface area contributed by atoms with Crippen LogP contribution < -0.4 is 4.74 Å². The summed E-state index contributed by atoms with van der Waals surface area (Å²) >= 11 is 5.86. The van der Waals surface area contributed by atoms with Gasteiger partial charge in [0, 0.05) is 10.9 Å². The molecule has 0 aliphatic rings. The largest absolute Gasteiger partial charge is 0.494 e.